The van der Waals surface area contributed by atoms with Crippen LogP contribution in [-0.4, -0.2) is 51.8 Å². The molecule has 1 saturated heterocycles. The van der Waals surface area contributed by atoms with Gasteiger partial charge in [0.1, 0.15) is 12.1 Å². The average molecular weight is 373 g/mol. The molecule has 2 aliphatic heterocycles. The molecule has 0 radical (unpaired) electrons. The van der Waals surface area contributed by atoms with Gasteiger partial charge in [0.25, 0.3) is 17.7 Å². The molecular weight excluding hydrogens is 354 g/mol. The first kappa shape index (κ1) is 18.6. The summed E-state index contributed by atoms with van der Waals surface area (Å²) in [7, 11) is 0. The smallest absolute Gasteiger partial charge is 0.328 e. The molecule has 1 unspecified atom stereocenters. The van der Waals surface area contributed by atoms with Crippen LogP contribution in [0.3, 0.4) is 0 Å². The van der Waals surface area contributed by atoms with E-state index in [1.54, 1.807) is 19.1 Å². The third-order valence-electron chi connectivity index (χ3n) is 4.61. The van der Waals surface area contributed by atoms with Gasteiger partial charge in [-0.2, -0.15) is 0 Å². The Labute approximate surface area is 155 Å². The number of nitrogens with zero attached hydrogens (tertiary/aromatic N) is 2. The second-order valence-electron chi connectivity index (χ2n) is 6.67. The van der Waals surface area contributed by atoms with Crippen molar-refractivity contribution in [2.24, 2.45) is 0 Å². The molecule has 1 atom stereocenters. The molecular formula is C18H19N3O6. The maximum atomic E-state index is 12.5. The third-order valence-corrected chi connectivity index (χ3v) is 4.61. The average Bonchev–Trinajstić information content (AvgIpc) is 3.00. The molecule has 1 N–H and O–H groups in total. The van der Waals surface area contributed by atoms with Crippen LogP contribution in [0, 0.1) is 0 Å². The zero-order valence-corrected chi connectivity index (χ0v) is 15.0. The van der Waals surface area contributed by atoms with E-state index in [0.29, 0.717) is 11.5 Å². The van der Waals surface area contributed by atoms with Gasteiger partial charge in [-0.1, -0.05) is 37.0 Å². The van der Waals surface area contributed by atoms with Crippen LogP contribution in [0.4, 0.5) is 4.79 Å². The normalized spacial score (nSPS) is 21.6. The number of urea groups is 1. The number of carbonyl (C=O) groups is 5. The summed E-state index contributed by atoms with van der Waals surface area (Å²) in [5.74, 6) is -3.14. The summed E-state index contributed by atoms with van der Waals surface area (Å²) in [6.45, 7) is 2.86. The minimum Gasteiger partial charge on any atom is -0.328 e. The highest BCUT2D eigenvalue weighted by Gasteiger charge is 2.48. The van der Waals surface area contributed by atoms with Crippen LogP contribution in [0.5, 0.6) is 0 Å². The largest absolute Gasteiger partial charge is 0.353 e. The Morgan fingerprint density at radius 3 is 2.26 bits per heavy atom. The van der Waals surface area contributed by atoms with Gasteiger partial charge in [-0.15, -0.1) is 0 Å². The Balaban J connectivity index is 1.67. The first-order valence-corrected chi connectivity index (χ1v) is 8.61. The Morgan fingerprint density at radius 1 is 1.11 bits per heavy atom. The Bertz CT molecular complexity index is 816. The fourth-order valence-corrected chi connectivity index (χ4v) is 3.10. The van der Waals surface area contributed by atoms with E-state index in [4.69, 9.17) is 4.84 Å². The lowest BCUT2D eigenvalue weighted by molar-refractivity contribution is -0.170. The first-order valence-electron chi connectivity index (χ1n) is 8.61. The molecule has 2 aliphatic rings. The number of fused-ring (bicyclic) bond motifs is 1. The fraction of sp³-hybridized carbons (Fsp3) is 0.389. The third kappa shape index (κ3) is 3.16. The summed E-state index contributed by atoms with van der Waals surface area (Å²) in [6, 6.07) is 5.34. The van der Waals surface area contributed by atoms with Crippen molar-refractivity contribution < 1.29 is 28.8 Å². The number of amides is 5. The molecule has 0 aliphatic carbocycles. The van der Waals surface area contributed by atoms with Crippen LogP contribution >= 0.6 is 0 Å². The Kier molecular flexibility index (Phi) is 4.69. The lowest BCUT2D eigenvalue weighted by atomic mass is 9.95. The van der Waals surface area contributed by atoms with E-state index in [2.05, 4.69) is 5.32 Å². The molecule has 9 nitrogen and oxygen atoms in total. The molecule has 0 saturated carbocycles. The molecule has 0 aromatic heterocycles. The van der Waals surface area contributed by atoms with Crippen molar-refractivity contribution in [3.63, 3.8) is 0 Å². The van der Waals surface area contributed by atoms with E-state index in [1.807, 2.05) is 6.92 Å². The SMILES string of the molecule is CCCCC1(C)NC(=O)N(CC(=O)ON2C(=O)c3ccccc3C2=O)C1=O. The quantitative estimate of drug-likeness (QED) is 0.593. The number of imide groups is 2. The first-order chi connectivity index (χ1) is 12.8. The molecule has 9 heteroatoms. The van der Waals surface area contributed by atoms with Gasteiger partial charge in [-0.25, -0.2) is 9.59 Å². The summed E-state index contributed by atoms with van der Waals surface area (Å²) >= 11 is 0. The van der Waals surface area contributed by atoms with Gasteiger partial charge in [0.2, 0.25) is 0 Å². The van der Waals surface area contributed by atoms with Crippen molar-refractivity contribution in [2.75, 3.05) is 6.54 Å². The molecule has 5 amide bonds. The molecule has 1 fully saturated rings. The maximum Gasteiger partial charge on any atom is 0.353 e. The van der Waals surface area contributed by atoms with Crippen LogP contribution in [-0.2, 0) is 14.4 Å². The number of hydrogen-bond donors (Lipinski definition) is 1. The topological polar surface area (TPSA) is 113 Å². The highest BCUT2D eigenvalue weighted by atomic mass is 16.7. The predicted octanol–water partition coefficient (Wildman–Crippen LogP) is 1.24. The van der Waals surface area contributed by atoms with Gasteiger partial charge in [-0.3, -0.25) is 19.3 Å². The second kappa shape index (κ2) is 6.82. The summed E-state index contributed by atoms with van der Waals surface area (Å²) in [6.07, 6.45) is 2.02. The lowest BCUT2D eigenvalue weighted by Gasteiger charge is -2.21. The highest BCUT2D eigenvalue weighted by molar-refractivity contribution is 6.21. The highest BCUT2D eigenvalue weighted by Crippen LogP contribution is 2.25. The molecule has 3 rings (SSSR count). The van der Waals surface area contributed by atoms with Crippen molar-refractivity contribution >= 4 is 29.7 Å². The van der Waals surface area contributed by atoms with E-state index >= 15 is 0 Å². The van der Waals surface area contributed by atoms with E-state index in [-0.39, 0.29) is 11.1 Å². The van der Waals surface area contributed by atoms with E-state index in [0.717, 1.165) is 17.7 Å². The van der Waals surface area contributed by atoms with Crippen LogP contribution in [0.25, 0.3) is 0 Å². The summed E-state index contributed by atoms with van der Waals surface area (Å²) in [5, 5.41) is 2.93. The Hall–Kier alpha value is -3.23. The fourth-order valence-electron chi connectivity index (χ4n) is 3.10. The van der Waals surface area contributed by atoms with Gasteiger partial charge in [-0.05, 0) is 25.5 Å². The minimum atomic E-state index is -1.08. The van der Waals surface area contributed by atoms with Crippen LogP contribution in [0.1, 0.15) is 53.8 Å². The molecule has 2 heterocycles. The van der Waals surface area contributed by atoms with Crippen molar-refractivity contribution in [2.45, 2.75) is 38.6 Å². The van der Waals surface area contributed by atoms with Gasteiger partial charge in [0, 0.05) is 0 Å². The summed E-state index contributed by atoms with van der Waals surface area (Å²) in [5.41, 5.74) is -0.835. The summed E-state index contributed by atoms with van der Waals surface area (Å²) < 4.78 is 0. The van der Waals surface area contributed by atoms with Crippen LogP contribution in [0.2, 0.25) is 0 Å². The molecule has 27 heavy (non-hydrogen) atoms. The monoisotopic (exact) mass is 373 g/mol. The minimum absolute atomic E-state index is 0.123. The van der Waals surface area contributed by atoms with E-state index in [9.17, 15) is 24.0 Å². The van der Waals surface area contributed by atoms with Crippen molar-refractivity contribution in [1.29, 1.82) is 0 Å². The number of hydrogen-bond acceptors (Lipinski definition) is 6. The molecule has 0 spiro atoms. The van der Waals surface area contributed by atoms with Gasteiger partial charge < -0.3 is 10.2 Å². The van der Waals surface area contributed by atoms with Crippen molar-refractivity contribution in [1.82, 2.24) is 15.3 Å². The van der Waals surface area contributed by atoms with Gasteiger partial charge in [0.05, 0.1) is 11.1 Å². The molecule has 142 valence electrons. The molecule has 1 aromatic carbocycles. The van der Waals surface area contributed by atoms with Crippen molar-refractivity contribution in [3.8, 4) is 0 Å². The predicted molar refractivity (Wildman–Crippen MR) is 91.2 cm³/mol. The standard InChI is InChI=1S/C18H19N3O6/c1-3-4-9-18(2)16(25)20(17(26)19-18)10-13(22)27-21-14(23)11-7-5-6-8-12(11)15(21)24/h5-8H,3-4,9-10H2,1-2H3,(H,19,26). The zero-order valence-electron chi connectivity index (χ0n) is 15.0. The van der Waals surface area contributed by atoms with Crippen molar-refractivity contribution in [3.05, 3.63) is 35.4 Å². The maximum absolute atomic E-state index is 12.5. The number of rotatable bonds is 6. The number of unbranched alkanes of at least 4 members (excludes halogenated alkanes) is 1. The zero-order chi connectivity index (χ0) is 19.8. The Morgan fingerprint density at radius 2 is 1.70 bits per heavy atom. The van der Waals surface area contributed by atoms with Crippen LogP contribution < -0.4 is 5.32 Å². The second-order valence-corrected chi connectivity index (χ2v) is 6.67. The lowest BCUT2D eigenvalue weighted by Crippen LogP contribution is -2.44. The van der Waals surface area contributed by atoms with Gasteiger partial charge >= 0.3 is 12.0 Å². The van der Waals surface area contributed by atoms with E-state index in [1.165, 1.54) is 12.1 Å². The summed E-state index contributed by atoms with van der Waals surface area (Å²) in [4.78, 5) is 66.7. The molecule has 0 bridgehead atoms. The van der Waals surface area contributed by atoms with Crippen LogP contribution in [0.15, 0.2) is 24.3 Å². The number of hydroxylamine groups is 2. The van der Waals surface area contributed by atoms with Gasteiger partial charge in [0.15, 0.2) is 0 Å². The number of benzene rings is 1. The molecule has 1 aromatic rings. The number of carbonyl (C=O) groups excluding carboxylic acids is 5. The number of nitrogens with one attached hydrogen (secondary N) is 1. The van der Waals surface area contributed by atoms with E-state index < -0.39 is 41.8 Å².